The van der Waals surface area contributed by atoms with Gasteiger partial charge in [-0.15, -0.1) is 0 Å². The van der Waals surface area contributed by atoms with E-state index in [-0.39, 0.29) is 0 Å². The van der Waals surface area contributed by atoms with E-state index < -0.39 is 0 Å². The highest BCUT2D eigenvalue weighted by atomic mass is 16.5. The summed E-state index contributed by atoms with van der Waals surface area (Å²) in [5.74, 6) is 2.78. The molecule has 1 aliphatic heterocycles. The van der Waals surface area contributed by atoms with E-state index in [1.165, 1.54) is 38.5 Å². The van der Waals surface area contributed by atoms with E-state index in [2.05, 4.69) is 0 Å². The van der Waals surface area contributed by atoms with Crippen LogP contribution in [0.1, 0.15) is 38.5 Å². The van der Waals surface area contributed by atoms with Crippen LogP contribution in [-0.2, 0) is 4.74 Å². The summed E-state index contributed by atoms with van der Waals surface area (Å²) in [7, 11) is 0. The minimum Gasteiger partial charge on any atom is -0.376 e. The third kappa shape index (κ3) is 1.40. The molecule has 2 bridgehead atoms. The van der Waals surface area contributed by atoms with Gasteiger partial charge in [0.15, 0.2) is 0 Å². The summed E-state index contributed by atoms with van der Waals surface area (Å²) in [5, 5.41) is 0. The van der Waals surface area contributed by atoms with E-state index in [0.717, 1.165) is 24.4 Å². The van der Waals surface area contributed by atoms with Gasteiger partial charge < -0.3 is 10.5 Å². The van der Waals surface area contributed by atoms with Crippen molar-refractivity contribution in [2.45, 2.75) is 50.7 Å². The summed E-state index contributed by atoms with van der Waals surface area (Å²) >= 11 is 0. The van der Waals surface area contributed by atoms with Crippen molar-refractivity contribution in [2.75, 3.05) is 6.61 Å². The van der Waals surface area contributed by atoms with Crippen molar-refractivity contribution in [1.29, 1.82) is 0 Å². The lowest BCUT2D eigenvalue weighted by Gasteiger charge is -2.37. The van der Waals surface area contributed by atoms with Crippen LogP contribution in [0, 0.1) is 17.8 Å². The van der Waals surface area contributed by atoms with Crippen molar-refractivity contribution >= 4 is 0 Å². The van der Waals surface area contributed by atoms with Gasteiger partial charge in [-0.1, -0.05) is 6.42 Å². The normalized spacial score (nSPS) is 52.5. The molecule has 0 aromatic heterocycles. The number of fused-ring (bicyclic) bond motifs is 2. The molecule has 5 unspecified atom stereocenters. The molecule has 0 amide bonds. The molecule has 0 radical (unpaired) electrons. The molecule has 2 N–H and O–H groups in total. The van der Waals surface area contributed by atoms with Gasteiger partial charge in [0, 0.05) is 12.6 Å². The van der Waals surface area contributed by atoms with Gasteiger partial charge in [-0.05, 0) is 49.9 Å². The van der Waals surface area contributed by atoms with Crippen molar-refractivity contribution < 1.29 is 4.74 Å². The maximum atomic E-state index is 6.17. The lowest BCUT2D eigenvalue weighted by molar-refractivity contribution is -0.0483. The number of rotatable bonds is 1. The molecular formula is C12H21NO. The Bertz CT molecular complexity index is 218. The summed E-state index contributed by atoms with van der Waals surface area (Å²) in [6.45, 7) is 0.951. The fourth-order valence-corrected chi connectivity index (χ4v) is 3.96. The molecule has 5 atom stereocenters. The van der Waals surface area contributed by atoms with E-state index in [1.54, 1.807) is 0 Å². The zero-order valence-corrected chi connectivity index (χ0v) is 8.82. The first kappa shape index (κ1) is 9.17. The van der Waals surface area contributed by atoms with E-state index in [4.69, 9.17) is 10.5 Å². The smallest absolute Gasteiger partial charge is 0.0756 e. The molecule has 3 aliphatic rings. The molecule has 2 nitrogen and oxygen atoms in total. The fraction of sp³-hybridized carbons (Fsp3) is 1.00. The van der Waals surface area contributed by atoms with Gasteiger partial charge in [-0.25, -0.2) is 0 Å². The SMILES string of the molecule is NC1CCCOC1C1CC2CCC1C2. The largest absolute Gasteiger partial charge is 0.376 e. The minimum absolute atomic E-state index is 0.327. The molecule has 2 saturated carbocycles. The van der Waals surface area contributed by atoms with Gasteiger partial charge in [-0.2, -0.15) is 0 Å². The first-order valence-electron chi connectivity index (χ1n) is 6.22. The van der Waals surface area contributed by atoms with Crippen molar-refractivity contribution in [3.63, 3.8) is 0 Å². The lowest BCUT2D eigenvalue weighted by Crippen LogP contribution is -2.46. The molecule has 2 heteroatoms. The van der Waals surface area contributed by atoms with Crippen LogP contribution in [0.25, 0.3) is 0 Å². The van der Waals surface area contributed by atoms with Crippen LogP contribution >= 0.6 is 0 Å². The van der Waals surface area contributed by atoms with Crippen LogP contribution in [0.2, 0.25) is 0 Å². The molecule has 3 fully saturated rings. The van der Waals surface area contributed by atoms with Crippen LogP contribution in [-0.4, -0.2) is 18.8 Å². The monoisotopic (exact) mass is 195 g/mol. The Morgan fingerprint density at radius 2 is 2.00 bits per heavy atom. The average Bonchev–Trinajstić information content (AvgIpc) is 2.79. The van der Waals surface area contributed by atoms with Crippen LogP contribution in [0.3, 0.4) is 0 Å². The Balaban J connectivity index is 1.69. The Hall–Kier alpha value is -0.0800. The lowest BCUT2D eigenvalue weighted by atomic mass is 9.80. The third-order valence-corrected chi connectivity index (χ3v) is 4.63. The van der Waals surface area contributed by atoms with E-state index in [0.29, 0.717) is 12.1 Å². The number of ether oxygens (including phenoxy) is 1. The second-order valence-electron chi connectivity index (χ2n) is 5.48. The predicted molar refractivity (Wildman–Crippen MR) is 55.9 cm³/mol. The minimum atomic E-state index is 0.327. The molecule has 14 heavy (non-hydrogen) atoms. The maximum Gasteiger partial charge on any atom is 0.0756 e. The van der Waals surface area contributed by atoms with Crippen LogP contribution < -0.4 is 5.73 Å². The molecule has 2 aliphatic carbocycles. The molecule has 0 aromatic carbocycles. The van der Waals surface area contributed by atoms with Crippen LogP contribution in [0.15, 0.2) is 0 Å². The van der Waals surface area contributed by atoms with Gasteiger partial charge in [-0.3, -0.25) is 0 Å². The Morgan fingerprint density at radius 1 is 1.07 bits per heavy atom. The van der Waals surface area contributed by atoms with E-state index >= 15 is 0 Å². The van der Waals surface area contributed by atoms with Gasteiger partial charge >= 0.3 is 0 Å². The molecule has 0 spiro atoms. The van der Waals surface area contributed by atoms with E-state index in [9.17, 15) is 0 Å². The number of hydrogen-bond acceptors (Lipinski definition) is 2. The molecular weight excluding hydrogens is 174 g/mol. The van der Waals surface area contributed by atoms with E-state index in [1.807, 2.05) is 0 Å². The topological polar surface area (TPSA) is 35.2 Å². The molecule has 80 valence electrons. The summed E-state index contributed by atoms with van der Waals surface area (Å²) in [6.07, 6.45) is 8.54. The number of hydrogen-bond donors (Lipinski definition) is 1. The van der Waals surface area contributed by atoms with Crippen LogP contribution in [0.5, 0.6) is 0 Å². The highest BCUT2D eigenvalue weighted by Crippen LogP contribution is 2.50. The van der Waals surface area contributed by atoms with Crippen molar-refractivity contribution in [2.24, 2.45) is 23.5 Å². The predicted octanol–water partition coefficient (Wildman–Crippen LogP) is 1.93. The first-order valence-corrected chi connectivity index (χ1v) is 6.22. The highest BCUT2D eigenvalue weighted by Gasteiger charge is 2.45. The third-order valence-electron chi connectivity index (χ3n) is 4.63. The standard InChI is InChI=1S/C12H21NO/c13-11-2-1-5-14-12(11)10-7-8-3-4-9(10)6-8/h8-12H,1-7,13H2. The van der Waals surface area contributed by atoms with Crippen molar-refractivity contribution in [3.05, 3.63) is 0 Å². The average molecular weight is 195 g/mol. The van der Waals surface area contributed by atoms with Crippen molar-refractivity contribution in [3.8, 4) is 0 Å². The summed E-state index contributed by atoms with van der Waals surface area (Å²) < 4.78 is 5.90. The fourth-order valence-electron chi connectivity index (χ4n) is 3.96. The molecule has 1 heterocycles. The quantitative estimate of drug-likeness (QED) is 0.694. The molecule has 0 aromatic rings. The highest BCUT2D eigenvalue weighted by molar-refractivity contribution is 4.97. The molecule has 3 rings (SSSR count). The summed E-state index contributed by atoms with van der Waals surface area (Å²) in [4.78, 5) is 0. The number of nitrogens with two attached hydrogens (primary N) is 1. The second kappa shape index (κ2) is 3.49. The zero-order valence-electron chi connectivity index (χ0n) is 8.82. The van der Waals surface area contributed by atoms with Gasteiger partial charge in [0.05, 0.1) is 6.10 Å². The van der Waals surface area contributed by atoms with Gasteiger partial charge in [0.25, 0.3) is 0 Å². The zero-order chi connectivity index (χ0) is 9.54. The maximum absolute atomic E-state index is 6.17. The first-order chi connectivity index (χ1) is 6.84. The Kier molecular flexibility index (Phi) is 2.29. The second-order valence-corrected chi connectivity index (χ2v) is 5.48. The van der Waals surface area contributed by atoms with Crippen molar-refractivity contribution in [1.82, 2.24) is 0 Å². The Labute approximate surface area is 86.2 Å². The summed E-state index contributed by atoms with van der Waals surface area (Å²) in [6, 6.07) is 0.327. The Morgan fingerprint density at radius 3 is 2.64 bits per heavy atom. The summed E-state index contributed by atoms with van der Waals surface area (Å²) in [5.41, 5.74) is 6.17. The molecule has 1 saturated heterocycles. The van der Waals surface area contributed by atoms with Crippen LogP contribution in [0.4, 0.5) is 0 Å². The van der Waals surface area contributed by atoms with Gasteiger partial charge in [0.1, 0.15) is 0 Å². The van der Waals surface area contributed by atoms with Gasteiger partial charge in [0.2, 0.25) is 0 Å².